The van der Waals surface area contributed by atoms with Gasteiger partial charge in [0.05, 0.1) is 23.2 Å². The summed E-state index contributed by atoms with van der Waals surface area (Å²) in [4.78, 5) is 22.3. The molecule has 0 spiro atoms. The zero-order valence-corrected chi connectivity index (χ0v) is 16.5. The number of nitrogens with zero attached hydrogens (tertiary/aromatic N) is 1. The van der Waals surface area contributed by atoms with Crippen molar-refractivity contribution in [3.63, 3.8) is 0 Å². The van der Waals surface area contributed by atoms with Crippen molar-refractivity contribution in [3.05, 3.63) is 63.7 Å². The van der Waals surface area contributed by atoms with Crippen LogP contribution in [0.1, 0.15) is 31.4 Å². The van der Waals surface area contributed by atoms with Crippen molar-refractivity contribution >= 4 is 23.0 Å². The van der Waals surface area contributed by atoms with E-state index in [2.05, 4.69) is 10.6 Å². The number of nitro groups is 1. The van der Waals surface area contributed by atoms with E-state index in [1.165, 1.54) is 0 Å². The molecule has 0 aliphatic heterocycles. The van der Waals surface area contributed by atoms with Crippen LogP contribution in [-0.2, 0) is 22.3 Å². The van der Waals surface area contributed by atoms with E-state index >= 15 is 0 Å². The maximum atomic E-state index is 12.7. The largest absolute Gasteiger partial charge is 0.416 e. The van der Waals surface area contributed by atoms with Crippen molar-refractivity contribution in [2.24, 2.45) is 0 Å². The molecule has 10 heteroatoms. The van der Waals surface area contributed by atoms with Crippen molar-refractivity contribution in [1.29, 1.82) is 0 Å². The molecule has 7 nitrogen and oxygen atoms in total. The molecule has 0 atom stereocenters. The minimum Gasteiger partial charge on any atom is -0.379 e. The Morgan fingerprint density at radius 2 is 1.93 bits per heavy atom. The van der Waals surface area contributed by atoms with Crippen LogP contribution in [0.2, 0.25) is 0 Å². The van der Waals surface area contributed by atoms with Crippen LogP contribution >= 0.6 is 0 Å². The third-order valence-corrected chi connectivity index (χ3v) is 3.98. The topological polar surface area (TPSA) is 93.5 Å². The van der Waals surface area contributed by atoms with Gasteiger partial charge in [0.2, 0.25) is 5.91 Å². The predicted octanol–water partition coefficient (Wildman–Crippen LogP) is 4.98. The van der Waals surface area contributed by atoms with E-state index in [-0.39, 0.29) is 30.7 Å². The summed E-state index contributed by atoms with van der Waals surface area (Å²) in [6.45, 7) is 4.24. The molecule has 2 aromatic carbocycles. The average Bonchev–Trinajstić information content (AvgIpc) is 2.66. The van der Waals surface area contributed by atoms with Gasteiger partial charge in [-0.2, -0.15) is 13.2 Å². The second-order valence-electron chi connectivity index (χ2n) is 6.77. The van der Waals surface area contributed by atoms with Gasteiger partial charge < -0.3 is 15.4 Å². The molecular weight excluding hydrogens is 403 g/mol. The van der Waals surface area contributed by atoms with Crippen LogP contribution in [0.15, 0.2) is 42.5 Å². The molecular formula is C20H22F3N3O4. The minimum atomic E-state index is -4.68. The molecule has 0 saturated carbocycles. The maximum Gasteiger partial charge on any atom is 0.416 e. The number of nitro benzene ring substituents is 1. The standard InChI is InChI=1S/C20H22F3N3O4/c1-13(2)30-12-14-4-3-5-16(10-14)25-19(27)8-9-24-17-7-6-15(20(21,22)23)11-18(17)26(28)29/h3-7,10-11,13,24H,8-9,12H2,1-2H3,(H,25,27). The van der Waals surface area contributed by atoms with Crippen molar-refractivity contribution in [1.82, 2.24) is 0 Å². The lowest BCUT2D eigenvalue weighted by Gasteiger charge is -2.11. The fourth-order valence-electron chi connectivity index (χ4n) is 2.54. The van der Waals surface area contributed by atoms with E-state index in [0.717, 1.165) is 17.7 Å². The molecule has 0 aromatic heterocycles. The minimum absolute atomic E-state index is 0.00812. The summed E-state index contributed by atoms with van der Waals surface area (Å²) in [5.74, 6) is -0.348. The first-order chi connectivity index (χ1) is 14.1. The van der Waals surface area contributed by atoms with Gasteiger partial charge in [-0.3, -0.25) is 14.9 Å². The molecule has 0 aliphatic rings. The van der Waals surface area contributed by atoms with Gasteiger partial charge in [0, 0.05) is 24.7 Å². The number of nitrogens with one attached hydrogen (secondary N) is 2. The summed E-state index contributed by atoms with van der Waals surface area (Å²) < 4.78 is 43.7. The Morgan fingerprint density at radius 1 is 1.20 bits per heavy atom. The lowest BCUT2D eigenvalue weighted by Crippen LogP contribution is -2.17. The van der Waals surface area contributed by atoms with Crippen LogP contribution in [0.25, 0.3) is 0 Å². The number of carbonyl (C=O) groups excluding carboxylic acids is 1. The number of halogens is 3. The first kappa shape index (κ1) is 23.1. The maximum absolute atomic E-state index is 12.7. The normalized spacial score (nSPS) is 11.4. The number of alkyl halides is 3. The third-order valence-electron chi connectivity index (χ3n) is 3.98. The number of rotatable bonds is 9. The van der Waals surface area contributed by atoms with Gasteiger partial charge in [-0.25, -0.2) is 0 Å². The Hall–Kier alpha value is -3.14. The van der Waals surface area contributed by atoms with Crippen LogP contribution in [0.4, 0.5) is 30.2 Å². The average molecular weight is 425 g/mol. The van der Waals surface area contributed by atoms with Gasteiger partial charge in [-0.15, -0.1) is 0 Å². The lowest BCUT2D eigenvalue weighted by atomic mass is 10.1. The first-order valence-electron chi connectivity index (χ1n) is 9.16. The Labute approximate surface area is 171 Å². The van der Waals surface area contributed by atoms with E-state index < -0.39 is 22.4 Å². The van der Waals surface area contributed by atoms with E-state index in [0.29, 0.717) is 18.4 Å². The number of amides is 1. The summed E-state index contributed by atoms with van der Waals surface area (Å²) in [6.07, 6.45) is -4.65. The monoisotopic (exact) mass is 425 g/mol. The molecule has 2 rings (SSSR count). The molecule has 0 fully saturated rings. The van der Waals surface area contributed by atoms with E-state index in [9.17, 15) is 28.1 Å². The van der Waals surface area contributed by atoms with Gasteiger partial charge in [-0.1, -0.05) is 12.1 Å². The predicted molar refractivity (Wildman–Crippen MR) is 106 cm³/mol. The van der Waals surface area contributed by atoms with Gasteiger partial charge in [0.25, 0.3) is 5.69 Å². The fraction of sp³-hybridized carbons (Fsp3) is 0.350. The molecule has 162 valence electrons. The lowest BCUT2D eigenvalue weighted by molar-refractivity contribution is -0.384. The molecule has 0 heterocycles. The number of hydrogen-bond acceptors (Lipinski definition) is 5. The molecule has 0 aliphatic carbocycles. The first-order valence-corrected chi connectivity index (χ1v) is 9.16. The molecule has 1 amide bonds. The highest BCUT2D eigenvalue weighted by atomic mass is 19.4. The molecule has 2 aromatic rings. The number of carbonyl (C=O) groups is 1. The number of ether oxygens (including phenoxy) is 1. The van der Waals surface area contributed by atoms with Crippen LogP contribution in [0.3, 0.4) is 0 Å². The van der Waals surface area contributed by atoms with Crippen LogP contribution in [-0.4, -0.2) is 23.5 Å². The summed E-state index contributed by atoms with van der Waals surface area (Å²) in [5.41, 5.74) is -0.444. The van der Waals surface area contributed by atoms with Crippen LogP contribution < -0.4 is 10.6 Å². The van der Waals surface area contributed by atoms with Crippen molar-refractivity contribution in [2.45, 2.75) is 39.2 Å². The van der Waals surface area contributed by atoms with Gasteiger partial charge in [0.1, 0.15) is 5.69 Å². The van der Waals surface area contributed by atoms with Crippen molar-refractivity contribution in [3.8, 4) is 0 Å². The second-order valence-corrected chi connectivity index (χ2v) is 6.77. The molecule has 0 unspecified atom stereocenters. The molecule has 0 bridgehead atoms. The Bertz CT molecular complexity index is 901. The SMILES string of the molecule is CC(C)OCc1cccc(NC(=O)CCNc2ccc(C(F)(F)F)cc2[N+](=O)[O-])c1. The van der Waals surface area contributed by atoms with Crippen molar-refractivity contribution in [2.75, 3.05) is 17.2 Å². The molecule has 0 radical (unpaired) electrons. The number of benzene rings is 2. The van der Waals surface area contributed by atoms with Crippen LogP contribution in [0.5, 0.6) is 0 Å². The van der Waals surface area contributed by atoms with Gasteiger partial charge in [0.15, 0.2) is 0 Å². The highest BCUT2D eigenvalue weighted by Crippen LogP contribution is 2.34. The summed E-state index contributed by atoms with van der Waals surface area (Å²) in [6, 6.07) is 9.32. The fourth-order valence-corrected chi connectivity index (χ4v) is 2.54. The van der Waals surface area contributed by atoms with E-state index in [4.69, 9.17) is 4.74 Å². The molecule has 0 saturated heterocycles. The second kappa shape index (κ2) is 10.1. The zero-order chi connectivity index (χ0) is 22.3. The Morgan fingerprint density at radius 3 is 2.57 bits per heavy atom. The van der Waals surface area contributed by atoms with E-state index in [1.807, 2.05) is 19.9 Å². The van der Waals surface area contributed by atoms with E-state index in [1.54, 1.807) is 18.2 Å². The van der Waals surface area contributed by atoms with Gasteiger partial charge >= 0.3 is 6.18 Å². The van der Waals surface area contributed by atoms with Crippen molar-refractivity contribution < 1.29 is 27.6 Å². The summed E-state index contributed by atoms with van der Waals surface area (Å²) >= 11 is 0. The third kappa shape index (κ3) is 7.03. The summed E-state index contributed by atoms with van der Waals surface area (Å²) in [5, 5.41) is 16.4. The molecule has 30 heavy (non-hydrogen) atoms. The number of hydrogen-bond donors (Lipinski definition) is 2. The Kier molecular flexibility index (Phi) is 7.76. The molecule has 2 N–H and O–H groups in total. The zero-order valence-electron chi connectivity index (χ0n) is 16.5. The van der Waals surface area contributed by atoms with Crippen LogP contribution in [0, 0.1) is 10.1 Å². The highest BCUT2D eigenvalue weighted by Gasteiger charge is 2.33. The smallest absolute Gasteiger partial charge is 0.379 e. The summed E-state index contributed by atoms with van der Waals surface area (Å²) in [7, 11) is 0. The Balaban J connectivity index is 1.93. The number of anilines is 2. The quantitative estimate of drug-likeness (QED) is 0.437. The highest BCUT2D eigenvalue weighted by molar-refractivity contribution is 5.91. The van der Waals surface area contributed by atoms with Gasteiger partial charge in [-0.05, 0) is 43.7 Å².